The minimum atomic E-state index is -0.812. The van der Waals surface area contributed by atoms with E-state index in [1.54, 1.807) is 24.3 Å². The number of nitrogens with one attached hydrogen (secondary N) is 2. The van der Waals surface area contributed by atoms with E-state index in [9.17, 15) is 9.59 Å². The van der Waals surface area contributed by atoms with Gasteiger partial charge in [-0.1, -0.05) is 23.2 Å². The lowest BCUT2D eigenvalue weighted by molar-refractivity contribution is -0.132. The summed E-state index contributed by atoms with van der Waals surface area (Å²) in [7, 11) is 0. The Morgan fingerprint density at radius 2 is 1.52 bits per heavy atom. The van der Waals surface area contributed by atoms with Crippen LogP contribution in [0, 0.1) is 0 Å². The van der Waals surface area contributed by atoms with Gasteiger partial charge in [-0.3, -0.25) is 9.59 Å². The lowest BCUT2D eigenvalue weighted by atomic mass is 10.2. The molecular formula is C18H17Cl2N3O2. The van der Waals surface area contributed by atoms with Crippen LogP contribution in [0.3, 0.4) is 0 Å². The van der Waals surface area contributed by atoms with Gasteiger partial charge >= 0.3 is 11.8 Å². The minimum Gasteiger partial charge on any atom is -0.372 e. The maximum atomic E-state index is 12.0. The SMILES string of the molecule is O=C(Nc1ccc(N2CCCC2)cc1)C(=O)Nc1cc(Cl)ccc1Cl. The third kappa shape index (κ3) is 4.44. The quantitative estimate of drug-likeness (QED) is 0.788. The fourth-order valence-electron chi connectivity index (χ4n) is 2.69. The van der Waals surface area contributed by atoms with Crippen LogP contribution in [-0.2, 0) is 9.59 Å². The summed E-state index contributed by atoms with van der Waals surface area (Å²) < 4.78 is 0. The highest BCUT2D eigenvalue weighted by Gasteiger charge is 2.16. The first-order chi connectivity index (χ1) is 12.0. The van der Waals surface area contributed by atoms with Gasteiger partial charge in [-0.05, 0) is 55.3 Å². The molecule has 1 aliphatic rings. The van der Waals surface area contributed by atoms with Crippen molar-refractivity contribution in [3.63, 3.8) is 0 Å². The summed E-state index contributed by atoms with van der Waals surface area (Å²) in [6.07, 6.45) is 2.40. The average Bonchev–Trinajstić information content (AvgIpc) is 3.13. The van der Waals surface area contributed by atoms with Crippen LogP contribution >= 0.6 is 23.2 Å². The first kappa shape index (κ1) is 17.6. The molecule has 1 heterocycles. The Bertz CT molecular complexity index is 787. The summed E-state index contributed by atoms with van der Waals surface area (Å²) in [6, 6.07) is 12.1. The molecule has 1 fully saturated rings. The summed E-state index contributed by atoms with van der Waals surface area (Å²) in [6.45, 7) is 2.10. The number of hydrogen-bond donors (Lipinski definition) is 2. The molecule has 130 valence electrons. The monoisotopic (exact) mass is 377 g/mol. The largest absolute Gasteiger partial charge is 0.372 e. The van der Waals surface area contributed by atoms with Gasteiger partial charge in [0.15, 0.2) is 0 Å². The van der Waals surface area contributed by atoms with Gasteiger partial charge in [0, 0.05) is 29.5 Å². The first-order valence-corrected chi connectivity index (χ1v) is 8.71. The van der Waals surface area contributed by atoms with Gasteiger partial charge in [0.1, 0.15) is 0 Å². The van der Waals surface area contributed by atoms with E-state index in [-0.39, 0.29) is 0 Å². The number of rotatable bonds is 3. The minimum absolute atomic E-state index is 0.290. The second kappa shape index (κ2) is 7.76. The number of benzene rings is 2. The van der Waals surface area contributed by atoms with E-state index in [4.69, 9.17) is 23.2 Å². The highest BCUT2D eigenvalue weighted by atomic mass is 35.5. The average molecular weight is 378 g/mol. The van der Waals surface area contributed by atoms with E-state index in [0.717, 1.165) is 18.8 Å². The molecule has 0 unspecified atom stereocenters. The molecule has 5 nitrogen and oxygen atoms in total. The van der Waals surface area contributed by atoms with Crippen molar-refractivity contribution in [1.29, 1.82) is 0 Å². The van der Waals surface area contributed by atoms with Gasteiger partial charge in [-0.2, -0.15) is 0 Å². The van der Waals surface area contributed by atoms with Crippen LogP contribution in [-0.4, -0.2) is 24.9 Å². The lowest BCUT2D eigenvalue weighted by Crippen LogP contribution is -2.29. The standard InChI is InChI=1S/C18H17Cl2N3O2/c19-12-3-8-15(20)16(11-12)22-18(25)17(24)21-13-4-6-14(7-5-13)23-9-1-2-10-23/h3-8,11H,1-2,9-10H2,(H,21,24)(H,22,25). The number of carbonyl (C=O) groups excluding carboxylic acids is 2. The summed E-state index contributed by atoms with van der Waals surface area (Å²) in [5, 5.41) is 5.74. The number of halogens is 2. The molecule has 3 rings (SSSR count). The molecule has 2 N–H and O–H groups in total. The molecule has 0 spiro atoms. The van der Waals surface area contributed by atoms with Gasteiger partial charge in [0.2, 0.25) is 0 Å². The molecule has 0 atom stereocenters. The van der Waals surface area contributed by atoms with E-state index >= 15 is 0 Å². The zero-order chi connectivity index (χ0) is 17.8. The van der Waals surface area contributed by atoms with Crippen LogP contribution in [0.2, 0.25) is 10.0 Å². The number of carbonyl (C=O) groups is 2. The molecule has 0 aliphatic carbocycles. The molecule has 2 aromatic rings. The molecule has 2 aromatic carbocycles. The summed E-state index contributed by atoms with van der Waals surface area (Å²) in [5.74, 6) is -1.59. The number of nitrogens with zero attached hydrogens (tertiary/aromatic N) is 1. The smallest absolute Gasteiger partial charge is 0.314 e. The van der Waals surface area contributed by atoms with E-state index in [1.807, 2.05) is 12.1 Å². The topological polar surface area (TPSA) is 61.4 Å². The molecule has 0 saturated carbocycles. The summed E-state index contributed by atoms with van der Waals surface area (Å²) in [5.41, 5.74) is 1.96. The van der Waals surface area contributed by atoms with Gasteiger partial charge in [-0.25, -0.2) is 0 Å². The maximum Gasteiger partial charge on any atom is 0.314 e. The van der Waals surface area contributed by atoms with Gasteiger partial charge < -0.3 is 15.5 Å². The Hall–Kier alpha value is -2.24. The third-order valence-electron chi connectivity index (χ3n) is 3.98. The van der Waals surface area contributed by atoms with Crippen molar-refractivity contribution in [2.45, 2.75) is 12.8 Å². The van der Waals surface area contributed by atoms with Crippen LogP contribution in [0.1, 0.15) is 12.8 Å². The van der Waals surface area contributed by atoms with Crippen molar-refractivity contribution >= 4 is 52.1 Å². The first-order valence-electron chi connectivity index (χ1n) is 7.95. The van der Waals surface area contributed by atoms with E-state index < -0.39 is 11.8 Å². The van der Waals surface area contributed by atoms with Crippen LogP contribution in [0.15, 0.2) is 42.5 Å². The van der Waals surface area contributed by atoms with Crippen LogP contribution in [0.25, 0.3) is 0 Å². The molecule has 0 aromatic heterocycles. The summed E-state index contributed by atoms with van der Waals surface area (Å²) in [4.78, 5) is 26.4. The number of amides is 2. The molecule has 25 heavy (non-hydrogen) atoms. The van der Waals surface area contributed by atoms with Gasteiger partial charge in [0.25, 0.3) is 0 Å². The van der Waals surface area contributed by atoms with Crippen LogP contribution in [0.5, 0.6) is 0 Å². The number of hydrogen-bond acceptors (Lipinski definition) is 3. The fourth-order valence-corrected chi connectivity index (χ4v) is 3.03. The van der Waals surface area contributed by atoms with Crippen molar-refractivity contribution in [3.05, 3.63) is 52.5 Å². The molecule has 7 heteroatoms. The Kier molecular flexibility index (Phi) is 5.46. The van der Waals surface area contributed by atoms with Crippen LogP contribution < -0.4 is 15.5 Å². The molecular weight excluding hydrogens is 361 g/mol. The summed E-state index contributed by atoms with van der Waals surface area (Å²) >= 11 is 11.8. The normalized spacial score (nSPS) is 13.6. The molecule has 1 saturated heterocycles. The second-order valence-electron chi connectivity index (χ2n) is 5.77. The fraction of sp³-hybridized carbons (Fsp3) is 0.222. The van der Waals surface area contributed by atoms with E-state index in [2.05, 4.69) is 15.5 Å². The Morgan fingerprint density at radius 3 is 2.20 bits per heavy atom. The second-order valence-corrected chi connectivity index (χ2v) is 6.62. The van der Waals surface area contributed by atoms with Crippen molar-refractivity contribution in [2.75, 3.05) is 28.6 Å². The van der Waals surface area contributed by atoms with Crippen molar-refractivity contribution in [2.24, 2.45) is 0 Å². The van der Waals surface area contributed by atoms with Crippen molar-refractivity contribution in [3.8, 4) is 0 Å². The van der Waals surface area contributed by atoms with Gasteiger partial charge in [0.05, 0.1) is 10.7 Å². The Labute approximate surface area is 155 Å². The Morgan fingerprint density at radius 1 is 0.880 bits per heavy atom. The maximum absolute atomic E-state index is 12.0. The predicted molar refractivity (Wildman–Crippen MR) is 102 cm³/mol. The van der Waals surface area contributed by atoms with E-state index in [1.165, 1.54) is 18.9 Å². The Balaban J connectivity index is 1.61. The highest BCUT2D eigenvalue weighted by molar-refractivity contribution is 6.45. The van der Waals surface area contributed by atoms with Crippen molar-refractivity contribution in [1.82, 2.24) is 0 Å². The van der Waals surface area contributed by atoms with Crippen LogP contribution in [0.4, 0.5) is 17.1 Å². The molecule has 0 bridgehead atoms. The third-order valence-corrected chi connectivity index (χ3v) is 4.54. The predicted octanol–water partition coefficient (Wildman–Crippen LogP) is 4.17. The molecule has 0 radical (unpaired) electrons. The zero-order valence-corrected chi connectivity index (χ0v) is 14.9. The molecule has 1 aliphatic heterocycles. The molecule has 2 amide bonds. The van der Waals surface area contributed by atoms with Gasteiger partial charge in [-0.15, -0.1) is 0 Å². The number of anilines is 3. The lowest BCUT2D eigenvalue weighted by Gasteiger charge is -2.17. The zero-order valence-electron chi connectivity index (χ0n) is 13.4. The van der Waals surface area contributed by atoms with Crippen molar-refractivity contribution < 1.29 is 9.59 Å². The highest BCUT2D eigenvalue weighted by Crippen LogP contribution is 2.25. The van der Waals surface area contributed by atoms with E-state index in [0.29, 0.717) is 21.4 Å².